The van der Waals surface area contributed by atoms with E-state index in [4.69, 9.17) is 4.74 Å². The predicted molar refractivity (Wildman–Crippen MR) is 77.9 cm³/mol. The fourth-order valence-electron chi connectivity index (χ4n) is 2.93. The summed E-state index contributed by atoms with van der Waals surface area (Å²) in [7, 11) is 0. The molecule has 0 radical (unpaired) electrons. The van der Waals surface area contributed by atoms with Gasteiger partial charge in [-0.2, -0.15) is 0 Å². The van der Waals surface area contributed by atoms with Crippen LogP contribution in [0.15, 0.2) is 11.6 Å². The maximum absolute atomic E-state index is 12.4. The lowest BCUT2D eigenvalue weighted by Crippen LogP contribution is -2.46. The lowest BCUT2D eigenvalue weighted by atomic mass is 9.98. The first kappa shape index (κ1) is 14.0. The number of likely N-dealkylation sites (tertiary alicyclic amines) is 1. The molecule has 0 aliphatic carbocycles. The number of amides is 1. The highest BCUT2D eigenvalue weighted by Crippen LogP contribution is 2.28. The van der Waals surface area contributed by atoms with Crippen LogP contribution in [0.2, 0.25) is 0 Å². The Labute approximate surface area is 123 Å². The summed E-state index contributed by atoms with van der Waals surface area (Å²) in [6.45, 7) is 3.95. The number of hydrogen-bond acceptors (Lipinski definition) is 5. The van der Waals surface area contributed by atoms with Crippen molar-refractivity contribution in [3.05, 3.63) is 16.6 Å². The second-order valence-electron chi connectivity index (χ2n) is 5.48. The zero-order valence-electron chi connectivity index (χ0n) is 11.6. The highest BCUT2D eigenvalue weighted by atomic mass is 32.1. The van der Waals surface area contributed by atoms with Crippen molar-refractivity contribution in [3.63, 3.8) is 0 Å². The molecule has 2 atom stereocenters. The lowest BCUT2D eigenvalue weighted by molar-refractivity contribution is -0.133. The number of carbonyl (C=O) groups excluding carboxylic acids is 1. The van der Waals surface area contributed by atoms with Crippen LogP contribution in [0.4, 0.5) is 0 Å². The Bertz CT molecular complexity index is 432. The average molecular weight is 295 g/mol. The van der Waals surface area contributed by atoms with Gasteiger partial charge in [-0.15, -0.1) is 11.3 Å². The first-order chi connectivity index (χ1) is 9.83. The number of thiazole rings is 1. The minimum absolute atomic E-state index is 0.177. The van der Waals surface area contributed by atoms with Crippen LogP contribution in [0.25, 0.3) is 0 Å². The molecule has 20 heavy (non-hydrogen) atoms. The van der Waals surface area contributed by atoms with E-state index in [9.17, 15) is 4.79 Å². The number of morpholine rings is 1. The van der Waals surface area contributed by atoms with Crippen molar-refractivity contribution in [2.45, 2.75) is 31.2 Å². The molecule has 0 saturated carbocycles. The number of carbonyl (C=O) groups is 1. The van der Waals surface area contributed by atoms with Crippen LogP contribution >= 0.6 is 11.3 Å². The maximum atomic E-state index is 12.4. The predicted octanol–water partition coefficient (Wildman–Crippen LogP) is 1.23. The molecule has 3 rings (SSSR count). The van der Waals surface area contributed by atoms with Gasteiger partial charge in [-0.05, 0) is 12.8 Å². The van der Waals surface area contributed by atoms with Crippen LogP contribution in [-0.4, -0.2) is 54.7 Å². The second kappa shape index (κ2) is 6.65. The van der Waals surface area contributed by atoms with Crippen molar-refractivity contribution in [2.75, 3.05) is 32.8 Å². The zero-order valence-corrected chi connectivity index (χ0v) is 12.4. The van der Waals surface area contributed by atoms with Crippen LogP contribution in [0, 0.1) is 0 Å². The number of aromatic nitrogens is 1. The van der Waals surface area contributed by atoms with E-state index in [1.807, 2.05) is 16.5 Å². The Hall–Kier alpha value is -0.980. The molecule has 2 unspecified atom stereocenters. The number of nitrogens with zero attached hydrogens (tertiary/aromatic N) is 2. The zero-order chi connectivity index (χ0) is 13.8. The molecule has 2 aliphatic heterocycles. The van der Waals surface area contributed by atoms with Crippen LogP contribution in [0.3, 0.4) is 0 Å². The molecular formula is C14H21N3O2S. The molecule has 1 amide bonds. The summed E-state index contributed by atoms with van der Waals surface area (Å²) >= 11 is 1.70. The summed E-state index contributed by atoms with van der Waals surface area (Å²) in [5.74, 6) is 0.664. The van der Waals surface area contributed by atoms with Crippen LogP contribution in [-0.2, 0) is 9.53 Å². The van der Waals surface area contributed by atoms with Gasteiger partial charge in [-0.25, -0.2) is 4.98 Å². The summed E-state index contributed by atoms with van der Waals surface area (Å²) in [5.41, 5.74) is 0. The van der Waals surface area contributed by atoms with E-state index in [2.05, 4.69) is 10.3 Å². The maximum Gasteiger partial charge on any atom is 0.224 e. The summed E-state index contributed by atoms with van der Waals surface area (Å²) < 4.78 is 5.41. The fourth-order valence-corrected chi connectivity index (χ4v) is 3.70. The van der Waals surface area contributed by atoms with Gasteiger partial charge in [0.15, 0.2) is 0 Å². The number of ether oxygens (including phenoxy) is 1. The van der Waals surface area contributed by atoms with Crippen LogP contribution in [0.1, 0.15) is 30.2 Å². The molecule has 6 heteroatoms. The fraction of sp³-hybridized carbons (Fsp3) is 0.714. The quantitative estimate of drug-likeness (QED) is 0.911. The first-order valence-electron chi connectivity index (χ1n) is 7.31. The normalized spacial score (nSPS) is 27.5. The number of hydrogen-bond donors (Lipinski definition) is 1. The van der Waals surface area contributed by atoms with E-state index in [0.717, 1.165) is 39.1 Å². The highest BCUT2D eigenvalue weighted by molar-refractivity contribution is 7.09. The summed E-state index contributed by atoms with van der Waals surface area (Å²) in [4.78, 5) is 18.8. The average Bonchev–Trinajstić information content (AvgIpc) is 3.03. The number of nitrogens with one attached hydrogen (secondary N) is 1. The lowest BCUT2D eigenvalue weighted by Gasteiger charge is -2.33. The van der Waals surface area contributed by atoms with E-state index < -0.39 is 0 Å². The van der Waals surface area contributed by atoms with Gasteiger partial charge in [0.25, 0.3) is 0 Å². The summed E-state index contributed by atoms with van der Waals surface area (Å²) in [5, 5.41) is 6.53. The summed E-state index contributed by atoms with van der Waals surface area (Å²) in [6.07, 6.45) is 4.61. The summed E-state index contributed by atoms with van der Waals surface area (Å²) in [6, 6.07) is 0.177. The third-order valence-electron chi connectivity index (χ3n) is 3.99. The largest absolute Gasteiger partial charge is 0.378 e. The van der Waals surface area contributed by atoms with Crippen molar-refractivity contribution in [2.24, 2.45) is 0 Å². The number of piperidine rings is 1. The molecule has 0 bridgehead atoms. The van der Waals surface area contributed by atoms with Crippen LogP contribution < -0.4 is 5.32 Å². The molecule has 2 saturated heterocycles. The van der Waals surface area contributed by atoms with E-state index in [-0.39, 0.29) is 11.9 Å². The molecule has 2 aliphatic rings. The van der Waals surface area contributed by atoms with Crippen LogP contribution in [0.5, 0.6) is 0 Å². The Kier molecular flexibility index (Phi) is 4.65. The minimum atomic E-state index is 0.177. The first-order valence-corrected chi connectivity index (χ1v) is 8.19. The molecule has 110 valence electrons. The second-order valence-corrected chi connectivity index (χ2v) is 6.41. The molecule has 1 aromatic rings. The van der Waals surface area contributed by atoms with Gasteiger partial charge >= 0.3 is 0 Å². The van der Waals surface area contributed by atoms with Crippen molar-refractivity contribution in [3.8, 4) is 0 Å². The highest BCUT2D eigenvalue weighted by Gasteiger charge is 2.27. The molecule has 0 aromatic carbocycles. The molecule has 1 aromatic heterocycles. The Balaban J connectivity index is 1.54. The Morgan fingerprint density at radius 3 is 3.30 bits per heavy atom. The van der Waals surface area contributed by atoms with E-state index in [1.54, 1.807) is 11.3 Å². The third kappa shape index (κ3) is 3.37. The van der Waals surface area contributed by atoms with Gasteiger partial charge in [0.2, 0.25) is 5.91 Å². The van der Waals surface area contributed by atoms with E-state index >= 15 is 0 Å². The van der Waals surface area contributed by atoms with E-state index in [0.29, 0.717) is 18.9 Å². The molecular weight excluding hydrogens is 274 g/mol. The van der Waals surface area contributed by atoms with Crippen molar-refractivity contribution < 1.29 is 9.53 Å². The third-order valence-corrected chi connectivity index (χ3v) is 4.93. The van der Waals surface area contributed by atoms with Crippen molar-refractivity contribution >= 4 is 17.2 Å². The van der Waals surface area contributed by atoms with Gasteiger partial charge in [0.05, 0.1) is 18.2 Å². The molecule has 5 nitrogen and oxygen atoms in total. The van der Waals surface area contributed by atoms with Gasteiger partial charge in [0.1, 0.15) is 0 Å². The standard InChI is InChI=1S/C14H21N3O2S/c18-13(8-12-10-19-6-3-15-12)17-5-1-2-11(9-17)14-16-4-7-20-14/h4,7,11-12,15H,1-3,5-6,8-10H2. The molecule has 3 heterocycles. The van der Waals surface area contributed by atoms with E-state index in [1.165, 1.54) is 5.01 Å². The topological polar surface area (TPSA) is 54.5 Å². The Morgan fingerprint density at radius 2 is 2.55 bits per heavy atom. The Morgan fingerprint density at radius 1 is 1.60 bits per heavy atom. The van der Waals surface area contributed by atoms with Crippen molar-refractivity contribution in [1.29, 1.82) is 0 Å². The number of rotatable bonds is 3. The van der Waals surface area contributed by atoms with Gasteiger partial charge < -0.3 is 15.0 Å². The molecule has 0 spiro atoms. The monoisotopic (exact) mass is 295 g/mol. The van der Waals surface area contributed by atoms with Gasteiger partial charge in [-0.3, -0.25) is 4.79 Å². The van der Waals surface area contributed by atoms with Crippen molar-refractivity contribution in [1.82, 2.24) is 15.2 Å². The smallest absolute Gasteiger partial charge is 0.224 e. The molecule has 1 N–H and O–H groups in total. The van der Waals surface area contributed by atoms with Gasteiger partial charge in [0, 0.05) is 49.6 Å². The SMILES string of the molecule is O=C(CC1COCCN1)N1CCCC(c2nccs2)C1. The minimum Gasteiger partial charge on any atom is -0.378 e. The van der Waals surface area contributed by atoms with Gasteiger partial charge in [-0.1, -0.05) is 0 Å². The molecule has 2 fully saturated rings.